The summed E-state index contributed by atoms with van der Waals surface area (Å²) in [6.45, 7) is 2.06. The fourth-order valence-electron chi connectivity index (χ4n) is 2.07. The molecule has 2 aromatic heterocycles. The van der Waals surface area contributed by atoms with Gasteiger partial charge in [0.25, 0.3) is 5.91 Å². The highest BCUT2D eigenvalue weighted by Gasteiger charge is 2.18. The highest BCUT2D eigenvalue weighted by molar-refractivity contribution is 7.15. The smallest absolute Gasteiger partial charge is 0.271 e. The average molecular weight is 284 g/mol. The second-order valence-electron chi connectivity index (χ2n) is 4.34. The predicted octanol–water partition coefficient (Wildman–Crippen LogP) is 2.61. The van der Waals surface area contributed by atoms with Gasteiger partial charge in [-0.05, 0) is 19.1 Å². The van der Waals surface area contributed by atoms with E-state index in [0.29, 0.717) is 5.69 Å². The molecule has 0 bridgehead atoms. The molecule has 0 radical (unpaired) electrons. The monoisotopic (exact) mass is 284 g/mol. The molecule has 100 valence electrons. The minimum Gasteiger partial charge on any atom is -0.364 e. The normalized spacial score (nSPS) is 10.7. The molecule has 20 heavy (non-hydrogen) atoms. The quantitative estimate of drug-likeness (QED) is 0.775. The minimum atomic E-state index is -0.592. The minimum absolute atomic E-state index is 0.158. The lowest BCUT2D eigenvalue weighted by atomic mass is 10.0. The first kappa shape index (κ1) is 12.6. The van der Waals surface area contributed by atoms with Crippen LogP contribution in [0.5, 0.6) is 0 Å². The van der Waals surface area contributed by atoms with Crippen molar-refractivity contribution in [2.75, 3.05) is 0 Å². The number of nitrogens with two attached hydrogens (primary N) is 1. The van der Waals surface area contributed by atoms with Crippen LogP contribution in [-0.4, -0.2) is 21.3 Å². The van der Waals surface area contributed by atoms with Crippen molar-refractivity contribution in [3.8, 4) is 21.7 Å². The van der Waals surface area contributed by atoms with Crippen LogP contribution in [0.1, 0.15) is 15.4 Å². The van der Waals surface area contributed by atoms with Crippen LogP contribution in [-0.2, 0) is 0 Å². The van der Waals surface area contributed by atoms with Gasteiger partial charge in [-0.25, -0.2) is 0 Å². The zero-order valence-corrected chi connectivity index (χ0v) is 11.6. The summed E-state index contributed by atoms with van der Waals surface area (Å²) in [4.78, 5) is 13.8. The van der Waals surface area contributed by atoms with Gasteiger partial charge in [-0.15, -0.1) is 11.3 Å². The maximum atomic E-state index is 11.4. The number of amides is 1. The third-order valence-electron chi connectivity index (χ3n) is 2.97. The van der Waals surface area contributed by atoms with E-state index < -0.39 is 5.91 Å². The Bertz CT molecular complexity index is 775. The summed E-state index contributed by atoms with van der Waals surface area (Å²) >= 11 is 1.69. The Morgan fingerprint density at radius 2 is 1.90 bits per heavy atom. The van der Waals surface area contributed by atoms with E-state index in [0.717, 1.165) is 16.0 Å². The first-order chi connectivity index (χ1) is 9.66. The number of primary amides is 1. The number of aromatic amines is 1. The largest absolute Gasteiger partial charge is 0.364 e. The first-order valence-corrected chi connectivity index (χ1v) is 6.85. The molecule has 0 atom stereocenters. The van der Waals surface area contributed by atoms with Crippen molar-refractivity contribution in [2.24, 2.45) is 5.73 Å². The second-order valence-corrected chi connectivity index (χ2v) is 5.63. The van der Waals surface area contributed by atoms with Gasteiger partial charge in [-0.3, -0.25) is 4.79 Å². The Labute approximate surface area is 119 Å². The van der Waals surface area contributed by atoms with Crippen molar-refractivity contribution in [1.82, 2.24) is 15.4 Å². The van der Waals surface area contributed by atoms with Crippen LogP contribution in [0.2, 0.25) is 0 Å². The fraction of sp³-hybridized carbons (Fsp3) is 0.0714. The molecular weight excluding hydrogens is 272 g/mol. The molecule has 0 unspecified atom stereocenters. The number of aryl methyl sites for hydroxylation is 1. The van der Waals surface area contributed by atoms with E-state index in [2.05, 4.69) is 34.5 Å². The van der Waals surface area contributed by atoms with Gasteiger partial charge in [0, 0.05) is 20.9 Å². The molecule has 0 fully saturated rings. The summed E-state index contributed by atoms with van der Waals surface area (Å²) in [5.41, 5.74) is 7.83. The molecule has 0 aliphatic rings. The van der Waals surface area contributed by atoms with E-state index in [9.17, 15) is 4.79 Å². The molecule has 1 aromatic carbocycles. The van der Waals surface area contributed by atoms with Crippen molar-refractivity contribution in [2.45, 2.75) is 6.92 Å². The van der Waals surface area contributed by atoms with Gasteiger partial charge < -0.3 is 5.73 Å². The summed E-state index contributed by atoms with van der Waals surface area (Å²) in [7, 11) is 0. The number of nitrogens with one attached hydrogen (secondary N) is 1. The fourth-order valence-corrected chi connectivity index (χ4v) is 2.98. The molecule has 6 heteroatoms. The van der Waals surface area contributed by atoms with Crippen molar-refractivity contribution in [3.63, 3.8) is 0 Å². The molecule has 3 aromatic rings. The number of aromatic nitrogens is 3. The molecule has 3 rings (SSSR count). The number of rotatable bonds is 3. The Hall–Kier alpha value is -2.47. The van der Waals surface area contributed by atoms with Crippen molar-refractivity contribution in [3.05, 3.63) is 47.0 Å². The van der Waals surface area contributed by atoms with E-state index in [4.69, 9.17) is 5.73 Å². The maximum absolute atomic E-state index is 11.4. The van der Waals surface area contributed by atoms with Crippen molar-refractivity contribution < 1.29 is 4.79 Å². The summed E-state index contributed by atoms with van der Waals surface area (Å²) in [5, 5.41) is 10.4. The predicted molar refractivity (Wildman–Crippen MR) is 78.4 cm³/mol. The van der Waals surface area contributed by atoms with Crippen molar-refractivity contribution in [1.29, 1.82) is 0 Å². The van der Waals surface area contributed by atoms with Gasteiger partial charge in [0.2, 0.25) is 0 Å². The number of nitrogens with zero attached hydrogens (tertiary/aromatic N) is 2. The number of benzene rings is 1. The maximum Gasteiger partial charge on any atom is 0.271 e. The summed E-state index contributed by atoms with van der Waals surface area (Å²) < 4.78 is 0. The second kappa shape index (κ2) is 4.90. The molecule has 3 N–H and O–H groups in total. The molecule has 0 saturated carbocycles. The number of carbonyl (C=O) groups excluding carboxylic acids is 1. The molecule has 0 saturated heterocycles. The van der Waals surface area contributed by atoms with Crippen LogP contribution in [0, 0.1) is 6.92 Å². The van der Waals surface area contributed by atoms with E-state index >= 15 is 0 Å². The number of thiophene rings is 1. The van der Waals surface area contributed by atoms with Gasteiger partial charge in [-0.1, -0.05) is 24.3 Å². The highest BCUT2D eigenvalue weighted by Crippen LogP contribution is 2.35. The van der Waals surface area contributed by atoms with E-state index in [1.165, 1.54) is 4.88 Å². The highest BCUT2D eigenvalue weighted by atomic mass is 32.1. The Morgan fingerprint density at radius 1 is 1.15 bits per heavy atom. The lowest BCUT2D eigenvalue weighted by Gasteiger charge is -2.05. The Balaban J connectivity index is 2.20. The van der Waals surface area contributed by atoms with Gasteiger partial charge in [0.1, 0.15) is 5.69 Å². The zero-order chi connectivity index (χ0) is 14.1. The number of carbonyl (C=O) groups is 1. The molecular formula is C14H12N4OS. The third-order valence-corrected chi connectivity index (χ3v) is 4.00. The van der Waals surface area contributed by atoms with Crippen molar-refractivity contribution >= 4 is 17.2 Å². The van der Waals surface area contributed by atoms with Gasteiger partial charge >= 0.3 is 0 Å². The Morgan fingerprint density at radius 3 is 2.55 bits per heavy atom. The molecule has 0 aliphatic heterocycles. The Kier molecular flexibility index (Phi) is 3.08. The standard InChI is InChI=1S/C14H12N4OS/c1-8-6-7-11(20-8)9-4-2-3-5-10(9)12-13(14(15)19)17-18-16-12/h2-7H,1H3,(H2,15,19)(H,16,17,18). The number of hydrogen-bond donors (Lipinski definition) is 2. The van der Waals surface area contributed by atoms with Crippen LogP contribution in [0.15, 0.2) is 36.4 Å². The lowest BCUT2D eigenvalue weighted by molar-refractivity contribution is 0.0996. The molecule has 2 heterocycles. The van der Waals surface area contributed by atoms with Crippen LogP contribution < -0.4 is 5.73 Å². The molecule has 0 aliphatic carbocycles. The summed E-state index contributed by atoms with van der Waals surface area (Å²) in [6.07, 6.45) is 0. The van der Waals surface area contributed by atoms with E-state index in [1.807, 2.05) is 24.3 Å². The van der Waals surface area contributed by atoms with Gasteiger partial charge in [0.15, 0.2) is 5.69 Å². The summed E-state index contributed by atoms with van der Waals surface area (Å²) in [5.74, 6) is -0.592. The third kappa shape index (κ3) is 2.10. The first-order valence-electron chi connectivity index (χ1n) is 6.03. The van der Waals surface area contributed by atoms with Gasteiger partial charge in [0.05, 0.1) is 0 Å². The topological polar surface area (TPSA) is 84.7 Å². The number of hydrogen-bond acceptors (Lipinski definition) is 4. The zero-order valence-electron chi connectivity index (χ0n) is 10.8. The average Bonchev–Trinajstić information content (AvgIpc) is 3.07. The van der Waals surface area contributed by atoms with Crippen LogP contribution in [0.3, 0.4) is 0 Å². The van der Waals surface area contributed by atoms with Crippen LogP contribution >= 0.6 is 11.3 Å². The van der Waals surface area contributed by atoms with Gasteiger partial charge in [-0.2, -0.15) is 15.4 Å². The molecule has 1 amide bonds. The SMILES string of the molecule is Cc1ccc(-c2ccccc2-c2n[nH]nc2C(N)=O)s1. The summed E-state index contributed by atoms with van der Waals surface area (Å²) in [6, 6.07) is 11.9. The lowest BCUT2D eigenvalue weighted by Crippen LogP contribution is -2.12. The van der Waals surface area contributed by atoms with E-state index in [1.54, 1.807) is 11.3 Å². The molecule has 5 nitrogen and oxygen atoms in total. The molecule has 0 spiro atoms. The van der Waals surface area contributed by atoms with Crippen LogP contribution in [0.25, 0.3) is 21.7 Å². The van der Waals surface area contributed by atoms with Crippen LogP contribution in [0.4, 0.5) is 0 Å². The van der Waals surface area contributed by atoms with E-state index in [-0.39, 0.29) is 5.69 Å². The number of H-pyrrole nitrogens is 1.